The van der Waals surface area contributed by atoms with Gasteiger partial charge in [-0.2, -0.15) is 0 Å². The summed E-state index contributed by atoms with van der Waals surface area (Å²) in [5, 5.41) is 7.51. The standard InChI is InChI=1S/C18H19BrF3N3O4/c1-8-14(7-28-9(2)26)29-18(19)17(27-3)16(8)25-6-13(23-24-25)10-4-11(20)15(22)12(21)5-10/h4-6,8,14,16-18H,7H2,1-3H3. The Bertz CT molecular complexity index is 874. The third-order valence-corrected chi connectivity index (χ3v) is 5.58. The fourth-order valence-corrected chi connectivity index (χ4v) is 4.13. The van der Waals surface area contributed by atoms with Gasteiger partial charge >= 0.3 is 5.97 Å². The summed E-state index contributed by atoms with van der Waals surface area (Å²) in [7, 11) is 1.51. The van der Waals surface area contributed by atoms with Crippen LogP contribution in [0, 0.1) is 23.4 Å². The van der Waals surface area contributed by atoms with E-state index in [4.69, 9.17) is 14.2 Å². The molecule has 2 aromatic rings. The van der Waals surface area contributed by atoms with Crippen molar-refractivity contribution in [2.24, 2.45) is 5.92 Å². The lowest BCUT2D eigenvalue weighted by molar-refractivity contribution is -0.170. The van der Waals surface area contributed by atoms with E-state index in [1.807, 2.05) is 6.92 Å². The van der Waals surface area contributed by atoms with E-state index in [1.54, 1.807) is 0 Å². The van der Waals surface area contributed by atoms with Crippen molar-refractivity contribution in [1.29, 1.82) is 0 Å². The minimum atomic E-state index is -1.55. The van der Waals surface area contributed by atoms with Crippen LogP contribution in [0.1, 0.15) is 19.9 Å². The lowest BCUT2D eigenvalue weighted by Crippen LogP contribution is -2.51. The van der Waals surface area contributed by atoms with Gasteiger partial charge in [0.2, 0.25) is 0 Å². The van der Waals surface area contributed by atoms with Crippen LogP contribution in [0.25, 0.3) is 11.3 Å². The number of hydrogen-bond donors (Lipinski definition) is 0. The van der Waals surface area contributed by atoms with Crippen LogP contribution >= 0.6 is 15.9 Å². The molecule has 1 saturated heterocycles. The summed E-state index contributed by atoms with van der Waals surface area (Å²) in [6, 6.07) is 1.31. The zero-order valence-corrected chi connectivity index (χ0v) is 17.4. The summed E-state index contributed by atoms with van der Waals surface area (Å²) in [5.41, 5.74) is 0.215. The van der Waals surface area contributed by atoms with Gasteiger partial charge in [-0.05, 0) is 12.1 Å². The molecule has 0 N–H and O–H groups in total. The maximum atomic E-state index is 13.6. The Morgan fingerprint density at radius 1 is 1.31 bits per heavy atom. The first-order valence-corrected chi connectivity index (χ1v) is 9.67. The van der Waals surface area contributed by atoms with Gasteiger partial charge in [0, 0.05) is 25.5 Å². The third-order valence-electron chi connectivity index (χ3n) is 4.84. The number of halogens is 4. The maximum Gasteiger partial charge on any atom is 0.302 e. The van der Waals surface area contributed by atoms with Gasteiger partial charge in [0.25, 0.3) is 0 Å². The number of alkyl halides is 1. The number of hydrogen-bond acceptors (Lipinski definition) is 6. The smallest absolute Gasteiger partial charge is 0.302 e. The van der Waals surface area contributed by atoms with Crippen molar-refractivity contribution >= 4 is 21.9 Å². The number of carbonyl (C=O) groups excluding carboxylic acids is 1. The van der Waals surface area contributed by atoms with E-state index in [-0.39, 0.29) is 23.8 Å². The number of esters is 1. The molecular weight excluding hydrogens is 459 g/mol. The molecule has 0 saturated carbocycles. The molecule has 5 unspecified atom stereocenters. The minimum Gasteiger partial charge on any atom is -0.463 e. The van der Waals surface area contributed by atoms with Crippen LogP contribution in [-0.4, -0.2) is 51.9 Å². The van der Waals surface area contributed by atoms with E-state index >= 15 is 0 Å². The summed E-state index contributed by atoms with van der Waals surface area (Å²) in [6.07, 6.45) is 0.565. The molecule has 158 valence electrons. The number of rotatable bonds is 5. The molecule has 3 rings (SSSR count). The first kappa shape index (κ1) is 21.7. The van der Waals surface area contributed by atoms with E-state index < -0.39 is 46.7 Å². The fraction of sp³-hybridized carbons (Fsp3) is 0.500. The Labute approximate surface area is 173 Å². The molecule has 0 bridgehead atoms. The van der Waals surface area contributed by atoms with Gasteiger partial charge in [-0.3, -0.25) is 4.79 Å². The van der Waals surface area contributed by atoms with E-state index in [1.165, 1.54) is 24.9 Å². The van der Waals surface area contributed by atoms with E-state index in [0.29, 0.717) is 0 Å². The number of carbonyl (C=O) groups is 1. The van der Waals surface area contributed by atoms with E-state index in [0.717, 1.165) is 12.1 Å². The molecule has 0 amide bonds. The van der Waals surface area contributed by atoms with Gasteiger partial charge in [-0.15, -0.1) is 5.10 Å². The normalized spacial score (nSPS) is 27.1. The number of methoxy groups -OCH3 is 1. The van der Waals surface area contributed by atoms with Crippen LogP contribution in [0.5, 0.6) is 0 Å². The highest BCUT2D eigenvalue weighted by Crippen LogP contribution is 2.38. The van der Waals surface area contributed by atoms with Crippen molar-refractivity contribution in [3.63, 3.8) is 0 Å². The van der Waals surface area contributed by atoms with Gasteiger partial charge in [0.05, 0.1) is 18.3 Å². The van der Waals surface area contributed by atoms with Crippen molar-refractivity contribution in [2.75, 3.05) is 13.7 Å². The first-order valence-electron chi connectivity index (χ1n) is 8.75. The van der Waals surface area contributed by atoms with Crippen molar-refractivity contribution in [3.05, 3.63) is 35.8 Å². The molecular formula is C18H19BrF3N3O4. The van der Waals surface area contributed by atoms with E-state index in [9.17, 15) is 18.0 Å². The highest BCUT2D eigenvalue weighted by Gasteiger charge is 2.45. The molecule has 0 radical (unpaired) electrons. The highest BCUT2D eigenvalue weighted by molar-refractivity contribution is 9.09. The van der Waals surface area contributed by atoms with Gasteiger partial charge < -0.3 is 14.2 Å². The summed E-state index contributed by atoms with van der Waals surface area (Å²) >= 11 is 3.42. The van der Waals surface area contributed by atoms with Crippen molar-refractivity contribution in [1.82, 2.24) is 15.0 Å². The molecule has 1 aromatic heterocycles. The summed E-state index contributed by atoms with van der Waals surface area (Å²) in [5.74, 6) is -4.82. The van der Waals surface area contributed by atoms with Gasteiger partial charge in [-0.25, -0.2) is 17.9 Å². The maximum absolute atomic E-state index is 13.6. The largest absolute Gasteiger partial charge is 0.463 e. The van der Waals surface area contributed by atoms with Crippen molar-refractivity contribution < 1.29 is 32.2 Å². The molecule has 11 heteroatoms. The molecule has 0 spiro atoms. The second-order valence-corrected chi connectivity index (χ2v) is 7.62. The molecule has 5 atom stereocenters. The Hall–Kier alpha value is -1.98. The first-order chi connectivity index (χ1) is 13.7. The summed E-state index contributed by atoms with van der Waals surface area (Å²) in [6.45, 7) is 3.23. The average molecular weight is 478 g/mol. The van der Waals surface area contributed by atoms with Gasteiger partial charge in [0.1, 0.15) is 23.4 Å². The number of nitrogens with zero attached hydrogens (tertiary/aromatic N) is 3. The monoisotopic (exact) mass is 477 g/mol. The minimum absolute atomic E-state index is 0.0431. The molecule has 1 fully saturated rings. The second kappa shape index (κ2) is 8.80. The van der Waals surface area contributed by atoms with Crippen LogP contribution in [0.15, 0.2) is 18.3 Å². The number of ether oxygens (including phenoxy) is 3. The zero-order valence-electron chi connectivity index (χ0n) is 15.8. The topological polar surface area (TPSA) is 75.5 Å². The van der Waals surface area contributed by atoms with Crippen molar-refractivity contribution in [3.8, 4) is 11.3 Å². The molecule has 29 heavy (non-hydrogen) atoms. The van der Waals surface area contributed by atoms with Crippen molar-refractivity contribution in [2.45, 2.75) is 37.1 Å². The predicted octanol–water partition coefficient (Wildman–Crippen LogP) is 3.24. The Morgan fingerprint density at radius 3 is 2.55 bits per heavy atom. The van der Waals surface area contributed by atoms with Crippen LogP contribution in [0.3, 0.4) is 0 Å². The fourth-order valence-electron chi connectivity index (χ4n) is 3.33. The molecule has 7 nitrogen and oxygen atoms in total. The van der Waals surface area contributed by atoms with Crippen LogP contribution in [0.2, 0.25) is 0 Å². The third kappa shape index (κ3) is 4.46. The van der Waals surface area contributed by atoms with Crippen LogP contribution < -0.4 is 0 Å². The zero-order chi connectivity index (χ0) is 21.3. The molecule has 2 heterocycles. The number of benzene rings is 1. The Balaban J connectivity index is 1.91. The SMILES string of the molecule is COC1C(Br)OC(COC(C)=O)C(C)C1n1cc(-c2cc(F)c(F)c(F)c2)nn1. The second-order valence-electron chi connectivity index (χ2n) is 6.72. The predicted molar refractivity (Wildman–Crippen MR) is 98.6 cm³/mol. The number of aromatic nitrogens is 3. The highest BCUT2D eigenvalue weighted by atomic mass is 79.9. The van der Waals surface area contributed by atoms with E-state index in [2.05, 4.69) is 26.2 Å². The Kier molecular flexibility index (Phi) is 6.59. The molecule has 0 aliphatic carbocycles. The van der Waals surface area contributed by atoms with Crippen LogP contribution in [-0.2, 0) is 19.0 Å². The lowest BCUT2D eigenvalue weighted by atomic mass is 9.89. The molecule has 1 aliphatic heterocycles. The van der Waals surface area contributed by atoms with Gasteiger partial charge in [0.15, 0.2) is 17.5 Å². The quantitative estimate of drug-likeness (QED) is 0.373. The van der Waals surface area contributed by atoms with Crippen LogP contribution in [0.4, 0.5) is 13.2 Å². The Morgan fingerprint density at radius 2 is 1.97 bits per heavy atom. The molecule has 1 aliphatic rings. The summed E-state index contributed by atoms with van der Waals surface area (Å²) in [4.78, 5) is 11.2. The van der Waals surface area contributed by atoms with Gasteiger partial charge in [-0.1, -0.05) is 28.1 Å². The average Bonchev–Trinajstić information content (AvgIpc) is 3.15. The summed E-state index contributed by atoms with van der Waals surface area (Å²) < 4.78 is 58.3. The lowest BCUT2D eigenvalue weighted by Gasteiger charge is -2.43. The molecule has 1 aromatic carbocycles.